The van der Waals surface area contributed by atoms with Gasteiger partial charge < -0.3 is 15.2 Å². The van der Waals surface area contributed by atoms with Crippen molar-refractivity contribution in [3.8, 4) is 0 Å². The minimum absolute atomic E-state index is 0.00487. The molecule has 0 fully saturated rings. The van der Waals surface area contributed by atoms with Crippen LogP contribution in [0.5, 0.6) is 0 Å². The lowest BCUT2D eigenvalue weighted by atomic mass is 10.1. The number of alkyl halides is 3. The van der Waals surface area contributed by atoms with Crippen LogP contribution in [0.3, 0.4) is 0 Å². The van der Waals surface area contributed by atoms with Gasteiger partial charge in [0.2, 0.25) is 5.91 Å². The van der Waals surface area contributed by atoms with Gasteiger partial charge in [-0.2, -0.15) is 28.0 Å². The van der Waals surface area contributed by atoms with Gasteiger partial charge in [0, 0.05) is 12.6 Å². The number of aromatic nitrogens is 2. The van der Waals surface area contributed by atoms with Crippen LogP contribution in [-0.2, 0) is 11.3 Å². The summed E-state index contributed by atoms with van der Waals surface area (Å²) >= 11 is 0. The van der Waals surface area contributed by atoms with E-state index in [2.05, 4.69) is 10.2 Å². The smallest absolute Gasteiger partial charge is 0.362 e. The second kappa shape index (κ2) is 5.85. The topological polar surface area (TPSA) is 114 Å². The lowest BCUT2D eigenvalue weighted by molar-refractivity contribution is -0.389. The van der Waals surface area contributed by atoms with Crippen LogP contribution in [0.1, 0.15) is 19.0 Å². The van der Waals surface area contributed by atoms with Crippen LogP contribution in [0.2, 0.25) is 0 Å². The SMILES string of the molecule is Cc1cc([N+](=O)[O-])nn1CC(C)C(=O)N1N=CCC1(O)C(F)(F)F. The summed E-state index contributed by atoms with van der Waals surface area (Å²) in [5.74, 6) is -2.55. The molecule has 0 aliphatic carbocycles. The lowest BCUT2D eigenvalue weighted by Crippen LogP contribution is -2.57. The minimum Gasteiger partial charge on any atom is -0.362 e. The Bertz CT molecular complexity index is 701. The number of hydrogen-bond donors (Lipinski definition) is 1. The summed E-state index contributed by atoms with van der Waals surface area (Å²) in [6.45, 7) is 2.63. The molecule has 0 bridgehead atoms. The van der Waals surface area contributed by atoms with E-state index in [1.165, 1.54) is 19.9 Å². The third kappa shape index (κ3) is 2.96. The number of nitrogens with zero attached hydrogens (tertiary/aromatic N) is 5. The normalized spacial score (nSPS) is 22.0. The summed E-state index contributed by atoms with van der Waals surface area (Å²) in [5.41, 5.74) is -3.01. The van der Waals surface area contributed by atoms with Crippen molar-refractivity contribution in [2.75, 3.05) is 0 Å². The van der Waals surface area contributed by atoms with Crippen LogP contribution in [0.15, 0.2) is 11.2 Å². The van der Waals surface area contributed by atoms with Gasteiger partial charge in [-0.05, 0) is 11.8 Å². The quantitative estimate of drug-likeness (QED) is 0.648. The maximum atomic E-state index is 13.0. The van der Waals surface area contributed by atoms with Gasteiger partial charge in [-0.15, -0.1) is 0 Å². The Kier molecular flexibility index (Phi) is 4.35. The molecule has 0 aromatic carbocycles. The maximum absolute atomic E-state index is 13.0. The summed E-state index contributed by atoms with van der Waals surface area (Å²) in [7, 11) is 0. The molecule has 0 spiro atoms. The molecule has 1 aromatic heterocycles. The van der Waals surface area contributed by atoms with Crippen molar-refractivity contribution in [3.63, 3.8) is 0 Å². The maximum Gasteiger partial charge on any atom is 0.438 e. The van der Waals surface area contributed by atoms with Crippen molar-refractivity contribution in [2.24, 2.45) is 11.0 Å². The van der Waals surface area contributed by atoms with Crippen molar-refractivity contribution in [1.29, 1.82) is 0 Å². The van der Waals surface area contributed by atoms with E-state index in [9.17, 15) is 33.2 Å². The number of aliphatic hydroxyl groups is 1. The second-order valence-corrected chi connectivity index (χ2v) is 5.45. The Balaban J connectivity index is 2.18. The molecule has 2 rings (SSSR count). The van der Waals surface area contributed by atoms with E-state index in [0.717, 1.165) is 10.9 Å². The highest BCUT2D eigenvalue weighted by Crippen LogP contribution is 2.39. The lowest BCUT2D eigenvalue weighted by Gasteiger charge is -2.33. The standard InChI is InChI=1S/C12H14F3N5O4/c1-7(6-18-8(2)5-9(17-18)20(23)24)10(21)19-11(22,3-4-16-19)12(13,14)15/h4-5,7,22H,3,6H2,1-2H3. The summed E-state index contributed by atoms with van der Waals surface area (Å²) in [4.78, 5) is 22.2. The van der Waals surface area contributed by atoms with Crippen LogP contribution in [0.4, 0.5) is 19.0 Å². The zero-order valence-corrected chi connectivity index (χ0v) is 12.7. The summed E-state index contributed by atoms with van der Waals surface area (Å²) in [6, 6.07) is 1.18. The third-order valence-electron chi connectivity index (χ3n) is 3.61. The summed E-state index contributed by atoms with van der Waals surface area (Å²) in [5, 5.41) is 27.4. The predicted molar refractivity (Wildman–Crippen MR) is 73.7 cm³/mol. The average Bonchev–Trinajstić information content (AvgIpc) is 3.02. The van der Waals surface area contributed by atoms with E-state index in [0.29, 0.717) is 5.69 Å². The third-order valence-corrected chi connectivity index (χ3v) is 3.61. The molecular weight excluding hydrogens is 335 g/mol. The van der Waals surface area contributed by atoms with Crippen LogP contribution < -0.4 is 0 Å². The first kappa shape index (κ1) is 17.8. The number of carbonyl (C=O) groups excluding carboxylic acids is 1. The Hall–Kier alpha value is -2.50. The molecule has 0 saturated carbocycles. The van der Waals surface area contributed by atoms with Crippen LogP contribution in [0.25, 0.3) is 0 Å². The molecule has 0 radical (unpaired) electrons. The number of aryl methyl sites for hydroxylation is 1. The second-order valence-electron chi connectivity index (χ2n) is 5.45. The number of amides is 1. The Morgan fingerprint density at radius 2 is 2.21 bits per heavy atom. The molecule has 0 saturated heterocycles. The van der Waals surface area contributed by atoms with E-state index in [-0.39, 0.29) is 11.6 Å². The van der Waals surface area contributed by atoms with E-state index in [1.807, 2.05) is 0 Å². The molecule has 2 unspecified atom stereocenters. The highest BCUT2D eigenvalue weighted by Gasteiger charge is 2.61. The number of halogens is 3. The van der Waals surface area contributed by atoms with Crippen molar-refractivity contribution < 1.29 is 28.0 Å². The zero-order valence-electron chi connectivity index (χ0n) is 12.7. The molecule has 1 N–H and O–H groups in total. The van der Waals surface area contributed by atoms with E-state index < -0.39 is 40.9 Å². The summed E-state index contributed by atoms with van der Waals surface area (Å²) in [6.07, 6.45) is -5.12. The van der Waals surface area contributed by atoms with Gasteiger partial charge in [-0.25, -0.2) is 0 Å². The number of carbonyl (C=O) groups is 1. The molecule has 132 valence electrons. The Morgan fingerprint density at radius 3 is 2.71 bits per heavy atom. The van der Waals surface area contributed by atoms with Gasteiger partial charge in [-0.3, -0.25) is 4.79 Å². The van der Waals surface area contributed by atoms with Gasteiger partial charge in [0.25, 0.3) is 5.72 Å². The monoisotopic (exact) mass is 349 g/mol. The van der Waals surface area contributed by atoms with Gasteiger partial charge in [-0.1, -0.05) is 6.92 Å². The zero-order chi connectivity index (χ0) is 18.3. The van der Waals surface area contributed by atoms with E-state index >= 15 is 0 Å². The Morgan fingerprint density at radius 1 is 1.58 bits per heavy atom. The van der Waals surface area contributed by atoms with Gasteiger partial charge in [0.15, 0.2) is 0 Å². The van der Waals surface area contributed by atoms with Crippen LogP contribution in [-0.4, -0.2) is 48.8 Å². The first-order valence-electron chi connectivity index (χ1n) is 6.82. The first-order chi connectivity index (χ1) is 11.0. The molecule has 24 heavy (non-hydrogen) atoms. The van der Waals surface area contributed by atoms with E-state index in [4.69, 9.17) is 0 Å². The average molecular weight is 349 g/mol. The highest BCUT2D eigenvalue weighted by atomic mass is 19.4. The Labute approximate surface area is 133 Å². The van der Waals surface area contributed by atoms with Gasteiger partial charge >= 0.3 is 12.0 Å². The van der Waals surface area contributed by atoms with Crippen molar-refractivity contribution in [3.05, 3.63) is 21.9 Å². The molecule has 1 aromatic rings. The molecule has 1 aliphatic heterocycles. The molecule has 9 nitrogen and oxygen atoms in total. The molecular formula is C12H14F3N5O4. The fraction of sp³-hybridized carbons (Fsp3) is 0.583. The number of rotatable bonds is 4. The number of hydrogen-bond acceptors (Lipinski definition) is 6. The van der Waals surface area contributed by atoms with Gasteiger partial charge in [0.1, 0.15) is 0 Å². The molecule has 1 amide bonds. The van der Waals surface area contributed by atoms with Crippen LogP contribution >= 0.6 is 0 Å². The molecule has 1 aliphatic rings. The van der Waals surface area contributed by atoms with Crippen molar-refractivity contribution in [1.82, 2.24) is 14.8 Å². The van der Waals surface area contributed by atoms with E-state index in [1.54, 1.807) is 0 Å². The largest absolute Gasteiger partial charge is 0.438 e. The van der Waals surface area contributed by atoms with Crippen molar-refractivity contribution in [2.45, 2.75) is 38.7 Å². The summed E-state index contributed by atoms with van der Waals surface area (Å²) < 4.78 is 40.1. The molecule has 2 heterocycles. The fourth-order valence-corrected chi connectivity index (χ4v) is 2.22. The van der Waals surface area contributed by atoms with Gasteiger partial charge in [0.05, 0.1) is 29.3 Å². The fourth-order valence-electron chi connectivity index (χ4n) is 2.22. The molecule has 2 atom stereocenters. The van der Waals surface area contributed by atoms with Crippen LogP contribution in [0, 0.1) is 23.0 Å². The minimum atomic E-state index is -5.07. The molecule has 12 heteroatoms. The van der Waals surface area contributed by atoms with Crippen molar-refractivity contribution >= 4 is 17.9 Å². The predicted octanol–water partition coefficient (Wildman–Crippen LogP) is 1.20. The number of nitro groups is 1. The first-order valence-corrected chi connectivity index (χ1v) is 6.82. The number of hydrazone groups is 1. The highest BCUT2D eigenvalue weighted by molar-refractivity contribution is 5.82.